The van der Waals surface area contributed by atoms with Gasteiger partial charge in [-0.3, -0.25) is 9.59 Å². The predicted octanol–water partition coefficient (Wildman–Crippen LogP) is 5.00. The lowest BCUT2D eigenvalue weighted by Crippen LogP contribution is -2.58. The summed E-state index contributed by atoms with van der Waals surface area (Å²) in [4.78, 5) is 26.1. The number of likely N-dealkylation sites (tertiary alicyclic amines) is 1. The van der Waals surface area contributed by atoms with E-state index in [-0.39, 0.29) is 79.6 Å². The number of alkyl halides is 7. The predicted molar refractivity (Wildman–Crippen MR) is 146 cm³/mol. The number of sulfone groups is 1. The Morgan fingerprint density at radius 1 is 0.913 bits per heavy atom. The van der Waals surface area contributed by atoms with Gasteiger partial charge in [-0.1, -0.05) is 18.2 Å². The monoisotopic (exact) mass is 682 g/mol. The number of rotatable bonds is 5. The third-order valence-corrected chi connectivity index (χ3v) is 12.3. The maximum Gasteiger partial charge on any atom is 0.435 e. The van der Waals surface area contributed by atoms with Gasteiger partial charge in [-0.15, -0.1) is 0 Å². The Balaban J connectivity index is 1.58. The first-order valence-electron chi connectivity index (χ1n) is 14.4. The van der Waals surface area contributed by atoms with Gasteiger partial charge in [0.25, 0.3) is 5.91 Å². The zero-order valence-electron chi connectivity index (χ0n) is 24.3. The summed E-state index contributed by atoms with van der Waals surface area (Å²) < 4.78 is 137. The zero-order chi connectivity index (χ0) is 34.1. The second kappa shape index (κ2) is 11.2. The highest BCUT2D eigenvalue weighted by Gasteiger charge is 2.74. The van der Waals surface area contributed by atoms with E-state index in [1.54, 1.807) is 0 Å². The summed E-state index contributed by atoms with van der Waals surface area (Å²) in [5.41, 5.74) is -9.74. The molecule has 0 spiro atoms. The molecular formula is C30H30F8N2O5S. The molecule has 1 heterocycles. The molecule has 46 heavy (non-hydrogen) atoms. The molecule has 2 fully saturated rings. The molecule has 2 aliphatic carbocycles. The number of benzene rings is 2. The second-order valence-corrected chi connectivity index (χ2v) is 14.4. The van der Waals surface area contributed by atoms with E-state index in [0.717, 1.165) is 30.3 Å². The van der Waals surface area contributed by atoms with E-state index in [0.29, 0.717) is 6.07 Å². The van der Waals surface area contributed by atoms with Crippen LogP contribution in [0.5, 0.6) is 0 Å². The number of carbonyl (C=O) groups is 2. The topological polar surface area (TPSA) is 104 Å². The number of nitrogens with one attached hydrogen (secondary N) is 1. The van der Waals surface area contributed by atoms with Crippen LogP contribution in [0.1, 0.15) is 55.7 Å². The normalized spacial score (nSPS) is 25.0. The smallest absolute Gasteiger partial charge is 0.380 e. The Labute approximate surface area is 258 Å². The van der Waals surface area contributed by atoms with Crippen LogP contribution < -0.4 is 5.32 Å². The third-order valence-electron chi connectivity index (χ3n) is 9.75. The number of fused-ring (bicyclic) bond motifs is 3. The molecular weight excluding hydrogens is 652 g/mol. The highest BCUT2D eigenvalue weighted by atomic mass is 32.2. The highest BCUT2D eigenvalue weighted by molar-refractivity contribution is 7.92. The van der Waals surface area contributed by atoms with Crippen molar-refractivity contribution < 1.29 is 58.2 Å². The molecule has 252 valence electrons. The average Bonchev–Trinajstić information content (AvgIpc) is 3.36. The average molecular weight is 683 g/mol. The van der Waals surface area contributed by atoms with E-state index in [1.807, 2.05) is 0 Å². The van der Waals surface area contributed by atoms with E-state index in [1.165, 1.54) is 11.8 Å². The Hall–Kier alpha value is -3.27. The Morgan fingerprint density at radius 3 is 2.04 bits per heavy atom. The lowest BCUT2D eigenvalue weighted by atomic mass is 9.73. The summed E-state index contributed by atoms with van der Waals surface area (Å²) in [6.45, 7) is 1.53. The molecule has 3 atom stereocenters. The number of aryl methyl sites for hydroxylation is 1. The first-order valence-corrected chi connectivity index (χ1v) is 15.9. The van der Waals surface area contributed by atoms with Gasteiger partial charge >= 0.3 is 18.0 Å². The van der Waals surface area contributed by atoms with Crippen molar-refractivity contribution in [3.05, 3.63) is 65.0 Å². The fourth-order valence-corrected chi connectivity index (χ4v) is 9.74. The first-order chi connectivity index (χ1) is 21.2. The van der Waals surface area contributed by atoms with Crippen LogP contribution in [0.4, 0.5) is 35.1 Å². The van der Waals surface area contributed by atoms with Gasteiger partial charge in [0, 0.05) is 50.4 Å². The molecule has 1 saturated carbocycles. The number of nitrogens with zero attached hydrogens (tertiary/aromatic N) is 1. The van der Waals surface area contributed by atoms with Crippen LogP contribution in [0.2, 0.25) is 0 Å². The minimum Gasteiger partial charge on any atom is -0.380 e. The molecule has 2 aromatic rings. The van der Waals surface area contributed by atoms with Crippen molar-refractivity contribution in [2.24, 2.45) is 5.92 Å². The van der Waals surface area contributed by atoms with Crippen LogP contribution in [-0.2, 0) is 36.3 Å². The number of halogens is 8. The molecule has 0 radical (unpaired) electrons. The lowest BCUT2D eigenvalue weighted by molar-refractivity contribution is -0.348. The molecule has 2 aromatic carbocycles. The number of amides is 2. The minimum absolute atomic E-state index is 0.00811. The van der Waals surface area contributed by atoms with Crippen molar-refractivity contribution >= 4 is 21.7 Å². The molecule has 3 aliphatic rings. The Kier molecular flexibility index (Phi) is 8.27. The van der Waals surface area contributed by atoms with Gasteiger partial charge in [0.15, 0.2) is 9.84 Å². The van der Waals surface area contributed by atoms with Gasteiger partial charge in [-0.2, -0.15) is 26.3 Å². The Morgan fingerprint density at radius 2 is 1.50 bits per heavy atom. The number of hydrogen-bond donors (Lipinski definition) is 2. The fraction of sp³-hybridized carbons (Fsp3) is 0.533. The van der Waals surface area contributed by atoms with E-state index in [4.69, 9.17) is 0 Å². The van der Waals surface area contributed by atoms with Crippen molar-refractivity contribution in [3.63, 3.8) is 0 Å². The highest BCUT2D eigenvalue weighted by Crippen LogP contribution is 2.59. The molecule has 1 aliphatic heterocycles. The maximum absolute atomic E-state index is 15.0. The van der Waals surface area contributed by atoms with Crippen LogP contribution in [0.15, 0.2) is 47.4 Å². The number of hydrogen-bond acceptors (Lipinski definition) is 5. The van der Waals surface area contributed by atoms with Crippen molar-refractivity contribution in [2.75, 3.05) is 13.1 Å². The third kappa shape index (κ3) is 5.15. The van der Waals surface area contributed by atoms with Crippen LogP contribution >= 0.6 is 0 Å². The number of aliphatic hydroxyl groups is 1. The van der Waals surface area contributed by atoms with E-state index in [2.05, 4.69) is 5.32 Å². The van der Waals surface area contributed by atoms with Gasteiger partial charge in [-0.05, 0) is 61.1 Å². The standard InChI is InChI=1S/C30H30F8N2O5S/c1-17(41)40-14-12-26(43,13-15-40)25(42)39-24-10-11-27(46(44,45)21-6-4-20(31)5-7-21)22-9-3-19(16-18(22)2-8-23(24)27)28(32,29(33,34)35)30(36,37)38/h3-7,9,16,23-24,43H,2,8,10-15H2,1H3,(H,39,42)/t23-,24+,27+/m0/s1. The number of piperidine rings is 1. The molecule has 5 rings (SSSR count). The largest absolute Gasteiger partial charge is 0.435 e. The number of carbonyl (C=O) groups excluding carboxylic acids is 2. The first kappa shape index (κ1) is 34.1. The molecule has 2 amide bonds. The second-order valence-electron chi connectivity index (χ2n) is 12.2. The van der Waals surface area contributed by atoms with Gasteiger partial charge in [-0.25, -0.2) is 17.2 Å². The lowest BCUT2D eigenvalue weighted by Gasteiger charge is -2.43. The summed E-state index contributed by atoms with van der Waals surface area (Å²) in [7, 11) is -4.58. The van der Waals surface area contributed by atoms with Gasteiger partial charge in [0.2, 0.25) is 5.91 Å². The van der Waals surface area contributed by atoms with Crippen LogP contribution in [-0.4, -0.2) is 67.3 Å². The van der Waals surface area contributed by atoms with Crippen LogP contribution in [0.25, 0.3) is 0 Å². The molecule has 7 nitrogen and oxygen atoms in total. The van der Waals surface area contributed by atoms with E-state index < -0.39 is 67.5 Å². The Bertz CT molecular complexity index is 1620. The van der Waals surface area contributed by atoms with Crippen LogP contribution in [0, 0.1) is 11.7 Å². The van der Waals surface area contributed by atoms with E-state index in [9.17, 15) is 58.2 Å². The van der Waals surface area contributed by atoms with Crippen molar-refractivity contribution in [3.8, 4) is 0 Å². The summed E-state index contributed by atoms with van der Waals surface area (Å²) in [5, 5.41) is 13.8. The SMILES string of the molecule is CC(=O)N1CCC(O)(C(=O)N[C@@H]2CC[C@@]3(S(=O)(=O)c4ccc(F)cc4)c4ccc(C(F)(C(F)(F)F)C(F)(F)F)cc4CC[C@@H]23)CC1. The molecule has 1 saturated heterocycles. The van der Waals surface area contributed by atoms with Crippen molar-refractivity contribution in [2.45, 2.75) is 84.8 Å². The van der Waals surface area contributed by atoms with Gasteiger partial charge in [0.1, 0.15) is 16.2 Å². The quantitative estimate of drug-likeness (QED) is 0.342. The van der Waals surface area contributed by atoms with Gasteiger partial charge < -0.3 is 15.3 Å². The summed E-state index contributed by atoms with van der Waals surface area (Å²) in [5.74, 6) is -2.80. The van der Waals surface area contributed by atoms with Crippen molar-refractivity contribution in [1.82, 2.24) is 10.2 Å². The van der Waals surface area contributed by atoms with Gasteiger partial charge in [0.05, 0.1) is 4.90 Å². The van der Waals surface area contributed by atoms with E-state index >= 15 is 0 Å². The molecule has 0 unspecified atom stereocenters. The molecule has 0 aromatic heterocycles. The molecule has 2 N–H and O–H groups in total. The minimum atomic E-state index is -6.38. The molecule has 16 heteroatoms. The summed E-state index contributed by atoms with van der Waals surface area (Å²) >= 11 is 0. The zero-order valence-corrected chi connectivity index (χ0v) is 25.1. The fourth-order valence-electron chi connectivity index (χ4n) is 7.27. The summed E-state index contributed by atoms with van der Waals surface area (Å²) in [6, 6.07) is 4.26. The van der Waals surface area contributed by atoms with Crippen LogP contribution in [0.3, 0.4) is 0 Å². The maximum atomic E-state index is 15.0. The molecule has 0 bridgehead atoms. The van der Waals surface area contributed by atoms with Crippen molar-refractivity contribution in [1.29, 1.82) is 0 Å². The summed E-state index contributed by atoms with van der Waals surface area (Å²) in [6.07, 6.45) is -13.6.